The monoisotopic (exact) mass is 345 g/mol. The number of rotatable bonds is 7. The Labute approximate surface area is 146 Å². The van der Waals surface area contributed by atoms with Crippen LogP contribution in [0, 0.1) is 6.92 Å². The number of ether oxygens (including phenoxy) is 1. The number of aromatic hydroxyl groups is 1. The molecule has 0 atom stereocenters. The van der Waals surface area contributed by atoms with Gasteiger partial charge in [-0.2, -0.15) is 9.78 Å². The lowest BCUT2D eigenvalue weighted by molar-refractivity contribution is 0.0756. The standard InChI is InChI=1S/C18H23N3O4/c1-12(2)25-9-5-8-19-18(24)17-15(22)11-16(23)21(20-17)14-7-4-6-13(3)10-14/h4,6-7,10-12,22H,5,8-9H2,1-3H3,(H,19,24). The predicted molar refractivity (Wildman–Crippen MR) is 94.3 cm³/mol. The minimum Gasteiger partial charge on any atom is -0.505 e. The molecule has 2 aromatic rings. The third-order valence-electron chi connectivity index (χ3n) is 3.43. The van der Waals surface area contributed by atoms with Crippen LogP contribution in [-0.2, 0) is 4.74 Å². The number of aromatic nitrogens is 2. The molecule has 0 radical (unpaired) electrons. The maximum absolute atomic E-state index is 12.2. The molecule has 134 valence electrons. The van der Waals surface area contributed by atoms with E-state index >= 15 is 0 Å². The van der Waals surface area contributed by atoms with Crippen LogP contribution in [0.25, 0.3) is 5.69 Å². The molecule has 0 fully saturated rings. The Morgan fingerprint density at radius 1 is 1.36 bits per heavy atom. The lowest BCUT2D eigenvalue weighted by atomic mass is 10.2. The summed E-state index contributed by atoms with van der Waals surface area (Å²) < 4.78 is 6.50. The first kappa shape index (κ1) is 18.7. The minimum absolute atomic E-state index is 0.138. The SMILES string of the molecule is Cc1cccc(-n2nc(C(=O)NCCCOC(C)C)c(O)cc2=O)c1. The van der Waals surface area contributed by atoms with Crippen molar-refractivity contribution in [2.45, 2.75) is 33.3 Å². The van der Waals surface area contributed by atoms with Crippen LogP contribution < -0.4 is 10.9 Å². The highest BCUT2D eigenvalue weighted by atomic mass is 16.5. The molecule has 0 aliphatic carbocycles. The Balaban J connectivity index is 2.14. The van der Waals surface area contributed by atoms with Crippen molar-refractivity contribution in [1.82, 2.24) is 15.1 Å². The first-order valence-electron chi connectivity index (χ1n) is 8.18. The summed E-state index contributed by atoms with van der Waals surface area (Å²) >= 11 is 0. The van der Waals surface area contributed by atoms with Gasteiger partial charge in [-0.05, 0) is 44.9 Å². The summed E-state index contributed by atoms with van der Waals surface area (Å²) in [5.41, 5.74) is 0.788. The van der Waals surface area contributed by atoms with Gasteiger partial charge in [-0.3, -0.25) is 9.59 Å². The highest BCUT2D eigenvalue weighted by molar-refractivity contribution is 5.94. The van der Waals surface area contributed by atoms with Crippen LogP contribution in [0.15, 0.2) is 35.1 Å². The first-order chi connectivity index (χ1) is 11.9. The summed E-state index contributed by atoms with van der Waals surface area (Å²) in [6.07, 6.45) is 0.779. The van der Waals surface area contributed by atoms with Crippen molar-refractivity contribution in [1.29, 1.82) is 0 Å². The van der Waals surface area contributed by atoms with Gasteiger partial charge in [-0.25, -0.2) is 0 Å². The molecule has 25 heavy (non-hydrogen) atoms. The van der Waals surface area contributed by atoms with Gasteiger partial charge < -0.3 is 15.2 Å². The topological polar surface area (TPSA) is 93.5 Å². The smallest absolute Gasteiger partial charge is 0.275 e. The van der Waals surface area contributed by atoms with Crippen molar-refractivity contribution in [2.75, 3.05) is 13.2 Å². The molecule has 0 unspecified atom stereocenters. The quantitative estimate of drug-likeness (QED) is 0.746. The second-order valence-electron chi connectivity index (χ2n) is 6.00. The van der Waals surface area contributed by atoms with Crippen LogP contribution in [0.1, 0.15) is 36.3 Å². The van der Waals surface area contributed by atoms with Crippen molar-refractivity contribution < 1.29 is 14.6 Å². The van der Waals surface area contributed by atoms with Gasteiger partial charge in [0.1, 0.15) is 0 Å². The Bertz CT molecular complexity index is 799. The minimum atomic E-state index is -0.538. The lowest BCUT2D eigenvalue weighted by Gasteiger charge is -2.10. The molecule has 2 N–H and O–H groups in total. The molecule has 0 spiro atoms. The lowest BCUT2D eigenvalue weighted by Crippen LogP contribution is -2.30. The van der Waals surface area contributed by atoms with Crippen molar-refractivity contribution in [3.8, 4) is 11.4 Å². The molecule has 0 bridgehead atoms. The van der Waals surface area contributed by atoms with Crippen molar-refractivity contribution in [2.24, 2.45) is 0 Å². The normalized spacial score (nSPS) is 10.9. The fourth-order valence-corrected chi connectivity index (χ4v) is 2.23. The summed E-state index contributed by atoms with van der Waals surface area (Å²) in [5.74, 6) is -0.978. The van der Waals surface area contributed by atoms with E-state index in [1.165, 1.54) is 0 Å². The Morgan fingerprint density at radius 2 is 2.12 bits per heavy atom. The summed E-state index contributed by atoms with van der Waals surface area (Å²) in [6.45, 7) is 6.68. The van der Waals surface area contributed by atoms with E-state index in [4.69, 9.17) is 4.74 Å². The number of hydrogen-bond donors (Lipinski definition) is 2. The van der Waals surface area contributed by atoms with Crippen LogP contribution in [-0.4, -0.2) is 40.0 Å². The van der Waals surface area contributed by atoms with Gasteiger partial charge in [0, 0.05) is 19.2 Å². The zero-order valence-electron chi connectivity index (χ0n) is 14.7. The van der Waals surface area contributed by atoms with E-state index in [1.807, 2.05) is 26.8 Å². The second-order valence-corrected chi connectivity index (χ2v) is 6.00. The molecule has 1 heterocycles. The zero-order chi connectivity index (χ0) is 18.4. The Kier molecular flexibility index (Phi) is 6.30. The molecule has 7 heteroatoms. The average molecular weight is 345 g/mol. The number of nitrogens with zero attached hydrogens (tertiary/aromatic N) is 2. The Hall–Kier alpha value is -2.67. The number of carbonyl (C=O) groups is 1. The van der Waals surface area contributed by atoms with Gasteiger partial charge in [0.05, 0.1) is 11.8 Å². The van der Waals surface area contributed by atoms with E-state index in [0.717, 1.165) is 16.3 Å². The molecule has 2 rings (SSSR count). The van der Waals surface area contributed by atoms with E-state index in [9.17, 15) is 14.7 Å². The molecule has 1 aromatic heterocycles. The van der Waals surface area contributed by atoms with E-state index in [1.54, 1.807) is 18.2 Å². The summed E-state index contributed by atoms with van der Waals surface area (Å²) in [7, 11) is 0. The number of aryl methyl sites for hydroxylation is 1. The largest absolute Gasteiger partial charge is 0.505 e. The van der Waals surface area contributed by atoms with E-state index in [2.05, 4.69) is 10.4 Å². The first-order valence-corrected chi connectivity index (χ1v) is 8.18. The molecular formula is C18H23N3O4. The van der Waals surface area contributed by atoms with Crippen molar-refractivity contribution >= 4 is 5.91 Å². The third kappa shape index (κ3) is 5.15. The van der Waals surface area contributed by atoms with Gasteiger partial charge >= 0.3 is 0 Å². The maximum atomic E-state index is 12.2. The molecule has 0 saturated carbocycles. The zero-order valence-corrected chi connectivity index (χ0v) is 14.7. The van der Waals surface area contributed by atoms with Crippen LogP contribution >= 0.6 is 0 Å². The molecule has 0 saturated heterocycles. The van der Waals surface area contributed by atoms with Crippen molar-refractivity contribution in [3.05, 3.63) is 51.9 Å². The Morgan fingerprint density at radius 3 is 2.80 bits per heavy atom. The molecule has 7 nitrogen and oxygen atoms in total. The fraction of sp³-hybridized carbons (Fsp3) is 0.389. The van der Waals surface area contributed by atoms with Gasteiger partial charge in [0.2, 0.25) is 0 Å². The molecule has 0 aliphatic rings. The van der Waals surface area contributed by atoms with Crippen LogP contribution in [0.5, 0.6) is 5.75 Å². The number of amides is 1. The van der Waals surface area contributed by atoms with Gasteiger partial charge in [0.15, 0.2) is 11.4 Å². The maximum Gasteiger partial charge on any atom is 0.275 e. The number of benzene rings is 1. The van der Waals surface area contributed by atoms with Crippen molar-refractivity contribution in [3.63, 3.8) is 0 Å². The highest BCUT2D eigenvalue weighted by Crippen LogP contribution is 2.13. The third-order valence-corrected chi connectivity index (χ3v) is 3.43. The van der Waals surface area contributed by atoms with E-state index < -0.39 is 17.2 Å². The van der Waals surface area contributed by atoms with Gasteiger partial charge in [-0.15, -0.1) is 0 Å². The molecule has 1 amide bonds. The summed E-state index contributed by atoms with van der Waals surface area (Å²) in [5, 5.41) is 16.6. The van der Waals surface area contributed by atoms with Crippen LogP contribution in [0.4, 0.5) is 0 Å². The van der Waals surface area contributed by atoms with Gasteiger partial charge in [0.25, 0.3) is 11.5 Å². The number of nitrogens with one attached hydrogen (secondary N) is 1. The summed E-state index contributed by atoms with van der Waals surface area (Å²) in [4.78, 5) is 24.3. The van der Waals surface area contributed by atoms with Crippen LogP contribution in [0.3, 0.4) is 0 Å². The van der Waals surface area contributed by atoms with E-state index in [-0.39, 0.29) is 11.8 Å². The summed E-state index contributed by atoms with van der Waals surface area (Å²) in [6, 6.07) is 8.16. The van der Waals surface area contributed by atoms with E-state index in [0.29, 0.717) is 25.3 Å². The highest BCUT2D eigenvalue weighted by Gasteiger charge is 2.16. The molecular weight excluding hydrogens is 322 g/mol. The molecule has 0 aliphatic heterocycles. The average Bonchev–Trinajstić information content (AvgIpc) is 2.54. The number of hydrogen-bond acceptors (Lipinski definition) is 5. The fourth-order valence-electron chi connectivity index (χ4n) is 2.23. The van der Waals surface area contributed by atoms with Crippen LogP contribution in [0.2, 0.25) is 0 Å². The number of carbonyl (C=O) groups excluding carboxylic acids is 1. The van der Waals surface area contributed by atoms with Gasteiger partial charge in [-0.1, -0.05) is 12.1 Å². The second kappa shape index (κ2) is 8.43. The predicted octanol–water partition coefficient (Wildman–Crippen LogP) is 1.79. The molecule has 1 aromatic carbocycles.